The lowest BCUT2D eigenvalue weighted by atomic mass is 10.1. The van der Waals surface area contributed by atoms with E-state index < -0.39 is 0 Å². The van der Waals surface area contributed by atoms with Gasteiger partial charge in [-0.3, -0.25) is 4.79 Å². The van der Waals surface area contributed by atoms with Crippen LogP contribution in [0.2, 0.25) is 0 Å². The molecule has 0 aromatic heterocycles. The van der Waals surface area contributed by atoms with E-state index in [4.69, 9.17) is 0 Å². The summed E-state index contributed by atoms with van der Waals surface area (Å²) in [6.07, 6.45) is 1.52. The number of ketones is 1. The number of carbonyl (C=O) groups excluding carboxylic acids is 1. The van der Waals surface area contributed by atoms with Crippen LogP contribution in [-0.4, -0.2) is 29.8 Å². The van der Waals surface area contributed by atoms with Gasteiger partial charge in [0.2, 0.25) is 0 Å². The van der Waals surface area contributed by atoms with Gasteiger partial charge in [-0.1, -0.05) is 0 Å². The predicted molar refractivity (Wildman–Crippen MR) is 48.2 cm³/mol. The number of piperidine rings is 1. The van der Waals surface area contributed by atoms with Crippen molar-refractivity contribution in [3.05, 3.63) is 0 Å². The van der Waals surface area contributed by atoms with E-state index in [1.807, 2.05) is 0 Å². The number of rotatable bonds is 1. The van der Waals surface area contributed by atoms with Gasteiger partial charge in [0.25, 0.3) is 0 Å². The van der Waals surface area contributed by atoms with Gasteiger partial charge in [0, 0.05) is 32.0 Å². The highest BCUT2D eigenvalue weighted by Gasteiger charge is 2.17. The number of hydrogen-bond acceptors (Lipinski definition) is 2. The van der Waals surface area contributed by atoms with E-state index in [-0.39, 0.29) is 12.4 Å². The topological polar surface area (TPSA) is 20.3 Å². The summed E-state index contributed by atoms with van der Waals surface area (Å²) in [5.74, 6) is 0.428. The van der Waals surface area contributed by atoms with E-state index in [9.17, 15) is 4.79 Å². The van der Waals surface area contributed by atoms with Gasteiger partial charge in [0.05, 0.1) is 0 Å². The fraction of sp³-hybridized carbons (Fsp3) is 0.875. The molecule has 11 heavy (non-hydrogen) atoms. The maximum Gasteiger partial charge on any atom is 0.135 e. The standard InChI is InChI=1S/C8H15NO.ClH/c1-7(2)9-5-3-8(10)4-6-9;/h7H,3-6H2,1-2H3;1H. The molecule has 1 aliphatic rings. The molecule has 1 heterocycles. The van der Waals surface area contributed by atoms with Crippen LogP contribution in [0.4, 0.5) is 0 Å². The molecular weight excluding hydrogens is 162 g/mol. The Balaban J connectivity index is 0.000001000. The zero-order valence-electron chi connectivity index (χ0n) is 7.17. The molecule has 0 amide bonds. The Labute approximate surface area is 74.4 Å². The largest absolute Gasteiger partial charge is 0.300 e. The molecule has 1 fully saturated rings. The highest BCUT2D eigenvalue weighted by atomic mass is 35.5. The van der Waals surface area contributed by atoms with Gasteiger partial charge < -0.3 is 4.90 Å². The minimum atomic E-state index is 0. The molecule has 2 nitrogen and oxygen atoms in total. The molecule has 1 saturated heterocycles. The molecule has 0 saturated carbocycles. The third-order valence-electron chi connectivity index (χ3n) is 2.09. The summed E-state index contributed by atoms with van der Waals surface area (Å²) in [4.78, 5) is 13.2. The number of hydrogen-bond donors (Lipinski definition) is 0. The highest BCUT2D eigenvalue weighted by molar-refractivity contribution is 5.85. The Hall–Kier alpha value is -0.0800. The van der Waals surface area contributed by atoms with E-state index in [2.05, 4.69) is 18.7 Å². The molecule has 0 spiro atoms. The van der Waals surface area contributed by atoms with Crippen LogP contribution in [-0.2, 0) is 4.79 Å². The van der Waals surface area contributed by atoms with Gasteiger partial charge >= 0.3 is 0 Å². The van der Waals surface area contributed by atoms with Crippen molar-refractivity contribution in [3.8, 4) is 0 Å². The van der Waals surface area contributed by atoms with Crippen LogP contribution < -0.4 is 0 Å². The van der Waals surface area contributed by atoms with Gasteiger partial charge in [-0.05, 0) is 13.8 Å². The van der Waals surface area contributed by atoms with Gasteiger partial charge in [-0.2, -0.15) is 0 Å². The summed E-state index contributed by atoms with van der Waals surface area (Å²) in [6, 6.07) is 0.605. The van der Waals surface area contributed by atoms with Gasteiger partial charge in [-0.25, -0.2) is 0 Å². The summed E-state index contributed by atoms with van der Waals surface area (Å²) in [5, 5.41) is 0. The second kappa shape index (κ2) is 4.73. The molecule has 0 unspecified atom stereocenters. The molecule has 0 bridgehead atoms. The van der Waals surface area contributed by atoms with Crippen LogP contribution in [0.3, 0.4) is 0 Å². The lowest BCUT2D eigenvalue weighted by Gasteiger charge is -2.29. The Morgan fingerprint density at radius 2 is 1.73 bits per heavy atom. The molecule has 3 heteroatoms. The third kappa shape index (κ3) is 3.21. The first-order valence-electron chi connectivity index (χ1n) is 3.96. The Morgan fingerprint density at radius 1 is 1.27 bits per heavy atom. The SMILES string of the molecule is CC(C)N1CCC(=O)CC1.Cl. The van der Waals surface area contributed by atoms with Gasteiger partial charge in [0.15, 0.2) is 0 Å². The van der Waals surface area contributed by atoms with Crippen molar-refractivity contribution >= 4 is 18.2 Å². The average molecular weight is 178 g/mol. The number of nitrogens with zero attached hydrogens (tertiary/aromatic N) is 1. The summed E-state index contributed by atoms with van der Waals surface area (Å²) in [5.41, 5.74) is 0. The van der Waals surface area contributed by atoms with Gasteiger partial charge in [0.1, 0.15) is 5.78 Å². The van der Waals surface area contributed by atoms with Crippen LogP contribution in [0, 0.1) is 0 Å². The lowest BCUT2D eigenvalue weighted by molar-refractivity contribution is -0.121. The summed E-state index contributed by atoms with van der Waals surface area (Å²) < 4.78 is 0. The van der Waals surface area contributed by atoms with Crippen molar-refractivity contribution in [3.63, 3.8) is 0 Å². The molecule has 1 rings (SSSR count). The number of likely N-dealkylation sites (tertiary alicyclic amines) is 1. The normalized spacial score (nSPS) is 20.1. The molecule has 0 atom stereocenters. The summed E-state index contributed by atoms with van der Waals surface area (Å²) in [6.45, 7) is 6.29. The molecule has 0 radical (unpaired) electrons. The van der Waals surface area contributed by atoms with E-state index in [0.29, 0.717) is 11.8 Å². The van der Waals surface area contributed by atoms with E-state index >= 15 is 0 Å². The molecule has 66 valence electrons. The fourth-order valence-corrected chi connectivity index (χ4v) is 1.29. The van der Waals surface area contributed by atoms with Crippen molar-refractivity contribution in [1.82, 2.24) is 4.90 Å². The first-order valence-corrected chi connectivity index (χ1v) is 3.96. The molecule has 0 aliphatic carbocycles. The predicted octanol–water partition coefficient (Wildman–Crippen LogP) is 1.48. The maximum absolute atomic E-state index is 10.8. The quantitative estimate of drug-likeness (QED) is 0.605. The first kappa shape index (κ1) is 10.9. The molecule has 0 aromatic rings. The van der Waals surface area contributed by atoms with Crippen molar-refractivity contribution in [2.45, 2.75) is 32.7 Å². The molecule has 0 aromatic carbocycles. The summed E-state index contributed by atoms with van der Waals surface area (Å²) >= 11 is 0. The zero-order valence-corrected chi connectivity index (χ0v) is 7.99. The fourth-order valence-electron chi connectivity index (χ4n) is 1.29. The molecule has 0 N–H and O–H groups in total. The summed E-state index contributed by atoms with van der Waals surface area (Å²) in [7, 11) is 0. The van der Waals surface area contributed by atoms with Crippen LogP contribution in [0.5, 0.6) is 0 Å². The van der Waals surface area contributed by atoms with Crippen molar-refractivity contribution in [2.24, 2.45) is 0 Å². The Morgan fingerprint density at radius 3 is 2.09 bits per heavy atom. The second-order valence-corrected chi connectivity index (χ2v) is 3.17. The number of halogens is 1. The van der Waals surface area contributed by atoms with Crippen LogP contribution in [0.15, 0.2) is 0 Å². The molecule has 1 aliphatic heterocycles. The minimum Gasteiger partial charge on any atom is -0.300 e. The van der Waals surface area contributed by atoms with Crippen molar-refractivity contribution in [1.29, 1.82) is 0 Å². The van der Waals surface area contributed by atoms with Crippen molar-refractivity contribution < 1.29 is 4.79 Å². The monoisotopic (exact) mass is 177 g/mol. The van der Waals surface area contributed by atoms with Gasteiger partial charge in [-0.15, -0.1) is 12.4 Å². The number of carbonyl (C=O) groups is 1. The Kier molecular flexibility index (Phi) is 4.69. The molecular formula is C8H16ClNO. The van der Waals surface area contributed by atoms with E-state index in [1.165, 1.54) is 0 Å². The van der Waals surface area contributed by atoms with Crippen LogP contribution >= 0.6 is 12.4 Å². The van der Waals surface area contributed by atoms with E-state index in [0.717, 1.165) is 25.9 Å². The van der Waals surface area contributed by atoms with E-state index in [1.54, 1.807) is 0 Å². The number of Topliss-reactive ketones (excluding diaryl/α,β-unsaturated/α-hetero) is 1. The average Bonchev–Trinajstić information content (AvgIpc) is 1.88. The van der Waals surface area contributed by atoms with Crippen molar-refractivity contribution in [2.75, 3.05) is 13.1 Å². The Bertz CT molecular complexity index is 126. The van der Waals surface area contributed by atoms with Crippen LogP contribution in [0.1, 0.15) is 26.7 Å². The lowest BCUT2D eigenvalue weighted by Crippen LogP contribution is -2.38. The minimum absolute atomic E-state index is 0. The third-order valence-corrected chi connectivity index (χ3v) is 2.09. The maximum atomic E-state index is 10.8. The first-order chi connectivity index (χ1) is 4.70. The smallest absolute Gasteiger partial charge is 0.135 e. The van der Waals surface area contributed by atoms with Crippen LogP contribution in [0.25, 0.3) is 0 Å². The zero-order chi connectivity index (χ0) is 7.56. The second-order valence-electron chi connectivity index (χ2n) is 3.17. The highest BCUT2D eigenvalue weighted by Crippen LogP contribution is 2.08.